The summed E-state index contributed by atoms with van der Waals surface area (Å²) in [7, 11) is 0. The second-order valence-electron chi connectivity index (χ2n) is 5.85. The molecule has 0 saturated heterocycles. The summed E-state index contributed by atoms with van der Waals surface area (Å²) < 4.78 is 2.48. The van der Waals surface area contributed by atoms with Gasteiger partial charge in [-0.15, -0.1) is 0 Å². The van der Waals surface area contributed by atoms with E-state index in [1.165, 1.54) is 6.42 Å². The van der Waals surface area contributed by atoms with Crippen LogP contribution >= 0.6 is 22.6 Å². The molecule has 1 aromatic heterocycles. The highest BCUT2D eigenvalue weighted by Gasteiger charge is 2.31. The molecule has 2 nitrogen and oxygen atoms in total. The Morgan fingerprint density at radius 2 is 1.87 bits per heavy atom. The number of alkyl halides is 1. The number of hydrogen-bond acceptors (Lipinski definition) is 1. The summed E-state index contributed by atoms with van der Waals surface area (Å²) >= 11 is 2.53. The van der Waals surface area contributed by atoms with Crippen LogP contribution < -0.4 is 0 Å². The standard InChI is InChI=1S/C12H21IN2/c1-11(2,3)8-10(12(4,5)13)15-7-6-14-9-15/h6-7,9-10H,8H2,1-5H3. The minimum Gasteiger partial charge on any atom is -0.333 e. The monoisotopic (exact) mass is 320 g/mol. The van der Waals surface area contributed by atoms with Crippen LogP contribution in [0.4, 0.5) is 0 Å². The van der Waals surface area contributed by atoms with Gasteiger partial charge < -0.3 is 4.57 Å². The SMILES string of the molecule is CC(C)(C)CC(n1ccnc1)C(C)(C)I. The zero-order chi connectivity index (χ0) is 11.7. The largest absolute Gasteiger partial charge is 0.333 e. The van der Waals surface area contributed by atoms with E-state index in [0.29, 0.717) is 11.5 Å². The van der Waals surface area contributed by atoms with Gasteiger partial charge in [-0.2, -0.15) is 0 Å². The fraction of sp³-hybridized carbons (Fsp3) is 0.750. The molecular weight excluding hydrogens is 299 g/mol. The molecule has 0 aliphatic heterocycles. The molecule has 0 radical (unpaired) electrons. The second-order valence-corrected chi connectivity index (χ2v) is 8.64. The first kappa shape index (κ1) is 13.0. The Morgan fingerprint density at radius 3 is 2.20 bits per heavy atom. The third kappa shape index (κ3) is 4.13. The predicted octanol–water partition coefficient (Wildman–Crippen LogP) is 4.07. The molecule has 3 heteroatoms. The van der Waals surface area contributed by atoms with Crippen molar-refractivity contribution in [3.63, 3.8) is 0 Å². The first-order chi connectivity index (χ1) is 6.70. The Labute approximate surface area is 107 Å². The lowest BCUT2D eigenvalue weighted by Crippen LogP contribution is -2.30. The molecule has 1 atom stereocenters. The van der Waals surface area contributed by atoms with Gasteiger partial charge in [0.15, 0.2) is 0 Å². The Morgan fingerprint density at radius 1 is 1.27 bits per heavy atom. The molecule has 0 N–H and O–H groups in total. The van der Waals surface area contributed by atoms with E-state index in [9.17, 15) is 0 Å². The number of aromatic nitrogens is 2. The summed E-state index contributed by atoms with van der Waals surface area (Å²) in [4.78, 5) is 4.15. The Bertz CT molecular complexity index is 290. The molecule has 1 aromatic rings. The van der Waals surface area contributed by atoms with Gasteiger partial charge in [-0.25, -0.2) is 4.98 Å². The van der Waals surface area contributed by atoms with Crippen molar-refractivity contribution in [1.82, 2.24) is 9.55 Å². The van der Waals surface area contributed by atoms with Crippen LogP contribution in [0.1, 0.15) is 47.1 Å². The summed E-state index contributed by atoms with van der Waals surface area (Å²) in [5.41, 5.74) is 0.345. The third-order valence-electron chi connectivity index (χ3n) is 2.48. The van der Waals surface area contributed by atoms with Crippen molar-refractivity contribution in [1.29, 1.82) is 0 Å². The third-order valence-corrected chi connectivity index (χ3v) is 3.20. The van der Waals surface area contributed by atoms with Gasteiger partial charge in [0.2, 0.25) is 0 Å². The molecule has 0 amide bonds. The minimum absolute atomic E-state index is 0.242. The summed E-state index contributed by atoms with van der Waals surface area (Å²) in [5.74, 6) is 0. The van der Waals surface area contributed by atoms with Crippen LogP contribution in [-0.4, -0.2) is 13.0 Å². The van der Waals surface area contributed by atoms with Crippen LogP contribution in [-0.2, 0) is 0 Å². The number of hydrogen-bond donors (Lipinski definition) is 0. The lowest BCUT2D eigenvalue weighted by molar-refractivity contribution is 0.266. The lowest BCUT2D eigenvalue weighted by atomic mass is 9.84. The van der Waals surface area contributed by atoms with Crippen molar-refractivity contribution in [2.75, 3.05) is 0 Å². The summed E-state index contributed by atoms with van der Waals surface area (Å²) in [6, 6.07) is 0.501. The van der Waals surface area contributed by atoms with E-state index in [1.54, 1.807) is 0 Å². The predicted molar refractivity (Wildman–Crippen MR) is 73.4 cm³/mol. The van der Waals surface area contributed by atoms with E-state index in [1.807, 2.05) is 12.5 Å². The van der Waals surface area contributed by atoms with Crippen molar-refractivity contribution >= 4 is 22.6 Å². The maximum absolute atomic E-state index is 4.15. The highest BCUT2D eigenvalue weighted by molar-refractivity contribution is 14.1. The average molecular weight is 320 g/mol. The zero-order valence-corrected chi connectivity index (χ0v) is 12.4. The van der Waals surface area contributed by atoms with E-state index in [0.717, 1.165) is 0 Å². The molecular formula is C12H21IN2. The molecule has 1 rings (SSSR count). The van der Waals surface area contributed by atoms with Gasteiger partial charge in [0, 0.05) is 21.9 Å². The second kappa shape index (κ2) is 4.44. The van der Waals surface area contributed by atoms with Crippen molar-refractivity contribution in [2.24, 2.45) is 5.41 Å². The summed E-state index contributed by atoms with van der Waals surface area (Å²) in [6.07, 6.45) is 7.02. The molecule has 1 heterocycles. The van der Waals surface area contributed by atoms with Gasteiger partial charge in [0.05, 0.1) is 6.33 Å². The average Bonchev–Trinajstić information content (AvgIpc) is 2.47. The smallest absolute Gasteiger partial charge is 0.0948 e. The van der Waals surface area contributed by atoms with E-state index in [4.69, 9.17) is 0 Å². The quantitative estimate of drug-likeness (QED) is 0.606. The minimum atomic E-state index is 0.242. The molecule has 0 aromatic carbocycles. The van der Waals surface area contributed by atoms with Crippen LogP contribution in [0, 0.1) is 5.41 Å². The van der Waals surface area contributed by atoms with Gasteiger partial charge in [0.25, 0.3) is 0 Å². The number of rotatable bonds is 3. The summed E-state index contributed by atoms with van der Waals surface area (Å²) in [5, 5.41) is 0. The van der Waals surface area contributed by atoms with Crippen LogP contribution in [0.2, 0.25) is 0 Å². The van der Waals surface area contributed by atoms with Gasteiger partial charge in [-0.3, -0.25) is 0 Å². The van der Waals surface area contributed by atoms with E-state index in [2.05, 4.69) is 73.0 Å². The van der Waals surface area contributed by atoms with Crippen LogP contribution in [0.3, 0.4) is 0 Å². The molecule has 0 aliphatic carbocycles. The topological polar surface area (TPSA) is 17.8 Å². The summed E-state index contributed by atoms with van der Waals surface area (Å²) in [6.45, 7) is 11.4. The van der Waals surface area contributed by atoms with Crippen LogP contribution in [0.25, 0.3) is 0 Å². The molecule has 1 unspecified atom stereocenters. The number of halogens is 1. The number of nitrogens with zero attached hydrogens (tertiary/aromatic N) is 2. The first-order valence-electron chi connectivity index (χ1n) is 5.36. The zero-order valence-electron chi connectivity index (χ0n) is 10.3. The van der Waals surface area contributed by atoms with Gasteiger partial charge in [-0.05, 0) is 25.7 Å². The Hall–Kier alpha value is -0.0600. The molecule has 0 spiro atoms. The van der Waals surface area contributed by atoms with Crippen LogP contribution in [0.5, 0.6) is 0 Å². The maximum Gasteiger partial charge on any atom is 0.0948 e. The molecule has 86 valence electrons. The molecule has 0 saturated carbocycles. The van der Waals surface area contributed by atoms with Gasteiger partial charge in [-0.1, -0.05) is 43.4 Å². The van der Waals surface area contributed by atoms with Gasteiger partial charge in [0.1, 0.15) is 0 Å². The fourth-order valence-electron chi connectivity index (χ4n) is 1.74. The number of imidazole rings is 1. The van der Waals surface area contributed by atoms with E-state index < -0.39 is 0 Å². The van der Waals surface area contributed by atoms with Crippen LogP contribution in [0.15, 0.2) is 18.7 Å². The van der Waals surface area contributed by atoms with Crippen molar-refractivity contribution in [3.8, 4) is 0 Å². The van der Waals surface area contributed by atoms with E-state index >= 15 is 0 Å². The van der Waals surface area contributed by atoms with E-state index in [-0.39, 0.29) is 3.42 Å². The molecule has 0 aliphatic rings. The normalized spacial score (nSPS) is 15.3. The molecule has 15 heavy (non-hydrogen) atoms. The highest BCUT2D eigenvalue weighted by Crippen LogP contribution is 2.39. The fourth-order valence-corrected chi connectivity index (χ4v) is 2.28. The lowest BCUT2D eigenvalue weighted by Gasteiger charge is -2.35. The Kier molecular flexibility index (Phi) is 3.85. The van der Waals surface area contributed by atoms with Crippen molar-refractivity contribution in [2.45, 2.75) is 50.5 Å². The van der Waals surface area contributed by atoms with Crippen molar-refractivity contribution < 1.29 is 0 Å². The molecule has 0 fully saturated rings. The Balaban J connectivity index is 2.90. The maximum atomic E-state index is 4.15. The molecule has 0 bridgehead atoms. The van der Waals surface area contributed by atoms with Crippen molar-refractivity contribution in [3.05, 3.63) is 18.7 Å². The van der Waals surface area contributed by atoms with Gasteiger partial charge >= 0.3 is 0 Å². The first-order valence-corrected chi connectivity index (χ1v) is 6.44. The highest BCUT2D eigenvalue weighted by atomic mass is 127.